The molecule has 0 bridgehead atoms. The molecule has 0 aliphatic carbocycles. The molecule has 140 valence electrons. The lowest BCUT2D eigenvalue weighted by Gasteiger charge is -2.14. The number of nitrogens with one attached hydrogen (secondary N) is 1. The second kappa shape index (κ2) is 8.12. The minimum atomic E-state index is -0.0305. The minimum absolute atomic E-state index is 0.0191. The summed E-state index contributed by atoms with van der Waals surface area (Å²) in [6, 6.07) is 18.0. The molecule has 0 spiro atoms. The van der Waals surface area contributed by atoms with Crippen LogP contribution < -0.4 is 14.8 Å². The minimum Gasteiger partial charge on any atom is -0.494 e. The van der Waals surface area contributed by atoms with Gasteiger partial charge in [0.25, 0.3) is 0 Å². The van der Waals surface area contributed by atoms with Gasteiger partial charge in [-0.1, -0.05) is 18.2 Å². The molecule has 0 saturated carbocycles. The standard InChI is InChI=1S/C23H25NO3/c1-5-26-21-10-11-23(15(2)12-21)27-22-9-8-19-13-18(6-7-20(19)14-22)16(3)24-17(4)25/h6-14,16H,5H2,1-4H3,(H,24,25). The Morgan fingerprint density at radius 3 is 2.41 bits per heavy atom. The van der Waals surface area contributed by atoms with E-state index in [-0.39, 0.29) is 11.9 Å². The number of carbonyl (C=O) groups is 1. The maximum Gasteiger partial charge on any atom is 0.217 e. The Morgan fingerprint density at radius 1 is 1.00 bits per heavy atom. The Bertz CT molecular complexity index is 965. The van der Waals surface area contributed by atoms with Gasteiger partial charge >= 0.3 is 0 Å². The first kappa shape index (κ1) is 18.8. The number of benzene rings is 3. The van der Waals surface area contributed by atoms with Gasteiger partial charge in [0.2, 0.25) is 5.91 Å². The molecule has 1 amide bonds. The molecule has 0 aliphatic heterocycles. The highest BCUT2D eigenvalue weighted by molar-refractivity contribution is 5.85. The molecule has 27 heavy (non-hydrogen) atoms. The molecular weight excluding hydrogens is 338 g/mol. The lowest BCUT2D eigenvalue weighted by Crippen LogP contribution is -2.23. The number of fused-ring (bicyclic) bond motifs is 1. The maximum atomic E-state index is 11.3. The van der Waals surface area contributed by atoms with Crippen molar-refractivity contribution < 1.29 is 14.3 Å². The Kier molecular flexibility index (Phi) is 5.65. The number of carbonyl (C=O) groups excluding carboxylic acids is 1. The molecule has 0 fully saturated rings. The molecule has 0 aromatic heterocycles. The summed E-state index contributed by atoms with van der Waals surface area (Å²) in [4.78, 5) is 11.3. The average molecular weight is 363 g/mol. The monoisotopic (exact) mass is 363 g/mol. The Labute approximate surface area is 160 Å². The van der Waals surface area contributed by atoms with Gasteiger partial charge in [-0.15, -0.1) is 0 Å². The van der Waals surface area contributed by atoms with Crippen LogP contribution in [0.2, 0.25) is 0 Å². The lowest BCUT2D eigenvalue weighted by atomic mass is 10.0. The highest BCUT2D eigenvalue weighted by Gasteiger charge is 2.09. The summed E-state index contributed by atoms with van der Waals surface area (Å²) in [7, 11) is 0. The molecule has 0 heterocycles. The van der Waals surface area contributed by atoms with E-state index >= 15 is 0 Å². The molecule has 1 N–H and O–H groups in total. The number of hydrogen-bond acceptors (Lipinski definition) is 3. The van der Waals surface area contributed by atoms with Crippen LogP contribution in [0.3, 0.4) is 0 Å². The Hall–Kier alpha value is -3.01. The molecule has 0 aliphatic rings. The highest BCUT2D eigenvalue weighted by atomic mass is 16.5. The van der Waals surface area contributed by atoms with Crippen molar-refractivity contribution in [3.63, 3.8) is 0 Å². The van der Waals surface area contributed by atoms with Gasteiger partial charge in [-0.2, -0.15) is 0 Å². The third-order valence-corrected chi connectivity index (χ3v) is 4.44. The third-order valence-electron chi connectivity index (χ3n) is 4.44. The largest absolute Gasteiger partial charge is 0.494 e. The Morgan fingerprint density at radius 2 is 1.70 bits per heavy atom. The van der Waals surface area contributed by atoms with E-state index in [2.05, 4.69) is 17.4 Å². The van der Waals surface area contributed by atoms with Crippen LogP contribution in [0, 0.1) is 6.92 Å². The molecule has 3 aromatic carbocycles. The molecule has 1 unspecified atom stereocenters. The van der Waals surface area contributed by atoms with Gasteiger partial charge in [-0.3, -0.25) is 4.79 Å². The van der Waals surface area contributed by atoms with Gasteiger partial charge in [-0.25, -0.2) is 0 Å². The fourth-order valence-electron chi connectivity index (χ4n) is 3.08. The van der Waals surface area contributed by atoms with Crippen molar-refractivity contribution in [2.24, 2.45) is 0 Å². The highest BCUT2D eigenvalue weighted by Crippen LogP contribution is 2.31. The van der Waals surface area contributed by atoms with E-state index < -0.39 is 0 Å². The van der Waals surface area contributed by atoms with Crippen LogP contribution in [-0.4, -0.2) is 12.5 Å². The van der Waals surface area contributed by atoms with Crippen molar-refractivity contribution in [2.45, 2.75) is 33.7 Å². The second-order valence-electron chi connectivity index (χ2n) is 6.65. The zero-order valence-electron chi connectivity index (χ0n) is 16.2. The van der Waals surface area contributed by atoms with Crippen LogP contribution in [-0.2, 0) is 4.79 Å². The molecule has 3 rings (SSSR count). The summed E-state index contributed by atoms with van der Waals surface area (Å²) in [5.41, 5.74) is 2.11. The second-order valence-corrected chi connectivity index (χ2v) is 6.65. The van der Waals surface area contributed by atoms with Crippen molar-refractivity contribution in [3.8, 4) is 17.2 Å². The summed E-state index contributed by atoms with van der Waals surface area (Å²) in [5, 5.41) is 5.12. The normalized spacial score (nSPS) is 11.9. The van der Waals surface area contributed by atoms with E-state index in [1.165, 1.54) is 6.92 Å². The molecular formula is C23H25NO3. The Balaban J connectivity index is 1.81. The molecule has 3 aromatic rings. The van der Waals surface area contributed by atoms with Crippen molar-refractivity contribution in [3.05, 3.63) is 65.7 Å². The summed E-state index contributed by atoms with van der Waals surface area (Å²) in [6.45, 7) is 8.14. The van der Waals surface area contributed by atoms with Crippen molar-refractivity contribution in [1.82, 2.24) is 5.32 Å². The van der Waals surface area contributed by atoms with Gasteiger partial charge < -0.3 is 14.8 Å². The maximum absolute atomic E-state index is 11.3. The van der Waals surface area contributed by atoms with E-state index in [1.54, 1.807) is 0 Å². The number of aryl methyl sites for hydroxylation is 1. The molecule has 1 atom stereocenters. The number of hydrogen-bond donors (Lipinski definition) is 1. The van der Waals surface area contributed by atoms with Crippen molar-refractivity contribution in [2.75, 3.05) is 6.61 Å². The van der Waals surface area contributed by atoms with Crippen LogP contribution >= 0.6 is 0 Å². The zero-order valence-corrected chi connectivity index (χ0v) is 16.2. The number of rotatable bonds is 6. The van der Waals surface area contributed by atoms with Gasteiger partial charge in [0.1, 0.15) is 17.2 Å². The molecule has 0 saturated heterocycles. The predicted molar refractivity (Wildman–Crippen MR) is 109 cm³/mol. The van der Waals surface area contributed by atoms with E-state index in [1.807, 2.05) is 63.2 Å². The summed E-state index contributed by atoms with van der Waals surface area (Å²) >= 11 is 0. The molecule has 0 radical (unpaired) electrons. The van der Waals surface area contributed by atoms with Crippen LogP contribution in [0.25, 0.3) is 10.8 Å². The first-order chi connectivity index (χ1) is 13.0. The topological polar surface area (TPSA) is 47.6 Å². The first-order valence-corrected chi connectivity index (χ1v) is 9.18. The first-order valence-electron chi connectivity index (χ1n) is 9.18. The van der Waals surface area contributed by atoms with Crippen LogP contribution in [0.15, 0.2) is 54.6 Å². The van der Waals surface area contributed by atoms with Crippen LogP contribution in [0.4, 0.5) is 0 Å². The molecule has 4 nitrogen and oxygen atoms in total. The average Bonchev–Trinajstić information content (AvgIpc) is 2.63. The smallest absolute Gasteiger partial charge is 0.217 e. The van der Waals surface area contributed by atoms with Crippen molar-refractivity contribution >= 4 is 16.7 Å². The summed E-state index contributed by atoms with van der Waals surface area (Å²) in [6.07, 6.45) is 0. The summed E-state index contributed by atoms with van der Waals surface area (Å²) in [5.74, 6) is 2.42. The van der Waals surface area contributed by atoms with E-state index in [9.17, 15) is 4.79 Å². The number of amides is 1. The number of ether oxygens (including phenoxy) is 2. The van der Waals surface area contributed by atoms with Gasteiger partial charge in [0.15, 0.2) is 0 Å². The van der Waals surface area contributed by atoms with Crippen LogP contribution in [0.1, 0.15) is 37.9 Å². The third kappa shape index (κ3) is 4.59. The van der Waals surface area contributed by atoms with Crippen molar-refractivity contribution in [1.29, 1.82) is 0 Å². The predicted octanol–water partition coefficient (Wildman–Crippen LogP) is 5.54. The van der Waals surface area contributed by atoms with E-state index in [0.29, 0.717) is 6.61 Å². The molecule has 4 heteroatoms. The van der Waals surface area contributed by atoms with Crippen LogP contribution in [0.5, 0.6) is 17.2 Å². The zero-order chi connectivity index (χ0) is 19.4. The van der Waals surface area contributed by atoms with Gasteiger partial charge in [0, 0.05) is 6.92 Å². The van der Waals surface area contributed by atoms with E-state index in [4.69, 9.17) is 9.47 Å². The fraction of sp³-hybridized carbons (Fsp3) is 0.261. The van der Waals surface area contributed by atoms with Gasteiger partial charge in [-0.05, 0) is 79.1 Å². The fourth-order valence-corrected chi connectivity index (χ4v) is 3.08. The lowest BCUT2D eigenvalue weighted by molar-refractivity contribution is -0.119. The summed E-state index contributed by atoms with van der Waals surface area (Å²) < 4.78 is 11.6. The SMILES string of the molecule is CCOc1ccc(Oc2ccc3cc(C(C)NC(C)=O)ccc3c2)c(C)c1. The van der Waals surface area contributed by atoms with Gasteiger partial charge in [0.05, 0.1) is 12.6 Å². The quantitative estimate of drug-likeness (QED) is 0.626. The van der Waals surface area contributed by atoms with E-state index in [0.717, 1.165) is 39.1 Å².